The van der Waals surface area contributed by atoms with Crippen LogP contribution in [0.2, 0.25) is 0 Å². The van der Waals surface area contributed by atoms with Gasteiger partial charge in [0.25, 0.3) is 5.03 Å². The zero-order valence-corrected chi connectivity index (χ0v) is 14.9. The third-order valence-corrected chi connectivity index (χ3v) is 4.51. The molecule has 0 spiro atoms. The van der Waals surface area contributed by atoms with E-state index in [1.165, 1.54) is 16.4 Å². The molecule has 1 amide bonds. The molecule has 0 aliphatic heterocycles. The van der Waals surface area contributed by atoms with Crippen molar-refractivity contribution in [3.05, 3.63) is 54.6 Å². The van der Waals surface area contributed by atoms with Gasteiger partial charge in [0.15, 0.2) is 13.0 Å². The van der Waals surface area contributed by atoms with Gasteiger partial charge in [-0.3, -0.25) is 4.79 Å². The largest absolute Gasteiger partial charge is 0.538 e. The molecule has 0 bridgehead atoms. The molecule has 0 unspecified atom stereocenters. The van der Waals surface area contributed by atoms with E-state index < -0.39 is 5.95 Å². The van der Waals surface area contributed by atoms with E-state index in [1.807, 2.05) is 30.3 Å². The Morgan fingerprint density at radius 1 is 1.19 bits per heavy atom. The van der Waals surface area contributed by atoms with E-state index >= 15 is 0 Å². The number of nitrogens with one attached hydrogen (secondary N) is 1. The third-order valence-electron chi connectivity index (χ3n) is 3.40. The molecule has 0 aliphatic carbocycles. The molecule has 0 aliphatic rings. The minimum atomic E-state index is -0.494. The fourth-order valence-corrected chi connectivity index (χ4v) is 3.01. The van der Waals surface area contributed by atoms with E-state index in [9.17, 15) is 9.90 Å². The Kier molecular flexibility index (Phi) is 5.75. The summed E-state index contributed by atoms with van der Waals surface area (Å²) in [4.78, 5) is 12.0. The molecule has 0 radical (unpaired) electrons. The van der Waals surface area contributed by atoms with Gasteiger partial charge >= 0.3 is 0 Å². The molecule has 0 fully saturated rings. The molecule has 0 atom stereocenters. The van der Waals surface area contributed by atoms with Crippen LogP contribution in [0.5, 0.6) is 17.4 Å². The van der Waals surface area contributed by atoms with Crippen molar-refractivity contribution in [1.82, 2.24) is 5.27 Å². The highest BCUT2D eigenvalue weighted by Gasteiger charge is 2.14. The van der Waals surface area contributed by atoms with Gasteiger partial charge in [-0.15, -0.1) is 0 Å². The van der Waals surface area contributed by atoms with Crippen LogP contribution < -0.4 is 19.8 Å². The molecule has 134 valence electrons. The number of hydrogen-bond donors (Lipinski definition) is 1. The Hall–Kier alpha value is -3.00. The third kappa shape index (κ3) is 4.76. The number of amides is 1. The minimum absolute atomic E-state index is 0.138. The molecule has 3 aromatic rings. The van der Waals surface area contributed by atoms with E-state index in [0.29, 0.717) is 22.2 Å². The SMILES string of the molecule is C[n+]1noc([O-])c1SCCC(=O)Nc1ccc(Oc2ccccc2)cc1. The number of carbonyl (C=O) groups excluding carboxylic acids is 1. The van der Waals surface area contributed by atoms with Crippen molar-refractivity contribution in [1.29, 1.82) is 0 Å². The lowest BCUT2D eigenvalue weighted by atomic mass is 10.3. The molecule has 1 heterocycles. The molecule has 8 heteroatoms. The van der Waals surface area contributed by atoms with Crippen LogP contribution in [0.25, 0.3) is 0 Å². The molecule has 1 N–H and O–H groups in total. The highest BCUT2D eigenvalue weighted by atomic mass is 32.2. The van der Waals surface area contributed by atoms with Crippen LogP contribution >= 0.6 is 11.8 Å². The molecule has 2 aromatic carbocycles. The van der Waals surface area contributed by atoms with E-state index in [2.05, 4.69) is 15.1 Å². The van der Waals surface area contributed by atoms with Gasteiger partial charge in [-0.2, -0.15) is 0 Å². The van der Waals surface area contributed by atoms with Crippen molar-refractivity contribution in [3.63, 3.8) is 0 Å². The van der Waals surface area contributed by atoms with Gasteiger partial charge in [0.2, 0.25) is 5.91 Å². The maximum absolute atomic E-state index is 12.0. The number of nitrogens with zero attached hydrogens (tertiary/aromatic N) is 2. The summed E-state index contributed by atoms with van der Waals surface area (Å²) in [6.45, 7) is 0. The molecule has 0 saturated carbocycles. The number of ether oxygens (including phenoxy) is 1. The lowest BCUT2D eigenvalue weighted by Crippen LogP contribution is -2.32. The topological polar surface area (TPSA) is 91.3 Å². The normalized spacial score (nSPS) is 10.5. The summed E-state index contributed by atoms with van der Waals surface area (Å²) in [5, 5.41) is 18.1. The number of thioether (sulfide) groups is 1. The number of aromatic nitrogens is 2. The summed E-state index contributed by atoms with van der Waals surface area (Å²) in [5.74, 6) is 1.26. The number of aryl methyl sites for hydroxylation is 1. The lowest BCUT2D eigenvalue weighted by Gasteiger charge is -2.08. The van der Waals surface area contributed by atoms with Crippen LogP contribution in [0.4, 0.5) is 5.69 Å². The molecule has 7 nitrogen and oxygen atoms in total. The van der Waals surface area contributed by atoms with Crippen molar-refractivity contribution in [3.8, 4) is 17.4 Å². The van der Waals surface area contributed by atoms with E-state index in [4.69, 9.17) is 4.74 Å². The van der Waals surface area contributed by atoms with Crippen LogP contribution in [0.15, 0.2) is 64.1 Å². The quantitative estimate of drug-likeness (QED) is 0.507. The second-order valence-corrected chi connectivity index (χ2v) is 6.46. The van der Waals surface area contributed by atoms with Crippen molar-refractivity contribution < 1.29 is 23.8 Å². The first-order valence-corrected chi connectivity index (χ1v) is 8.89. The highest BCUT2D eigenvalue weighted by Crippen LogP contribution is 2.24. The zero-order valence-electron chi connectivity index (χ0n) is 14.0. The maximum atomic E-state index is 12.0. The smallest absolute Gasteiger partial charge is 0.290 e. The number of rotatable bonds is 7. The second kappa shape index (κ2) is 8.39. The second-order valence-electron chi connectivity index (χ2n) is 5.38. The Labute approximate surface area is 154 Å². The Morgan fingerprint density at radius 2 is 1.88 bits per heavy atom. The van der Waals surface area contributed by atoms with Crippen molar-refractivity contribution in [2.24, 2.45) is 7.05 Å². The lowest BCUT2D eigenvalue weighted by molar-refractivity contribution is -0.772. The van der Waals surface area contributed by atoms with Gasteiger partial charge in [-0.25, -0.2) is 0 Å². The van der Waals surface area contributed by atoms with Crippen LogP contribution in [0.1, 0.15) is 6.42 Å². The average Bonchev–Trinajstić information content (AvgIpc) is 2.96. The van der Waals surface area contributed by atoms with E-state index in [-0.39, 0.29) is 12.3 Å². The minimum Gasteiger partial charge on any atom is -0.538 e. The summed E-state index contributed by atoms with van der Waals surface area (Å²) in [6.07, 6.45) is 0.261. The fourth-order valence-electron chi connectivity index (χ4n) is 2.15. The molecular formula is C18H17N3O4S. The Bertz CT molecular complexity index is 846. The van der Waals surface area contributed by atoms with Gasteiger partial charge < -0.3 is 19.7 Å². The summed E-state index contributed by atoms with van der Waals surface area (Å²) in [6, 6.07) is 16.6. The Balaban J connectivity index is 1.47. The highest BCUT2D eigenvalue weighted by molar-refractivity contribution is 7.99. The molecular weight excluding hydrogens is 354 g/mol. The first kappa shape index (κ1) is 17.8. The number of anilines is 1. The summed E-state index contributed by atoms with van der Waals surface area (Å²) in [7, 11) is 1.62. The molecule has 26 heavy (non-hydrogen) atoms. The van der Waals surface area contributed by atoms with Crippen molar-refractivity contribution in [2.45, 2.75) is 11.4 Å². The molecule has 0 saturated heterocycles. The zero-order chi connectivity index (χ0) is 18.4. The van der Waals surface area contributed by atoms with Crippen LogP contribution in [-0.2, 0) is 11.8 Å². The fraction of sp³-hybridized carbons (Fsp3) is 0.167. The van der Waals surface area contributed by atoms with Gasteiger partial charge in [-0.05, 0) is 36.4 Å². The maximum Gasteiger partial charge on any atom is 0.290 e. The predicted molar refractivity (Wildman–Crippen MR) is 94.1 cm³/mol. The van der Waals surface area contributed by atoms with E-state index in [0.717, 1.165) is 5.75 Å². The van der Waals surface area contributed by atoms with Gasteiger partial charge in [0.05, 0.1) is 5.27 Å². The predicted octanol–water partition coefficient (Wildman–Crippen LogP) is 2.49. The number of hydrogen-bond acceptors (Lipinski definition) is 6. The summed E-state index contributed by atoms with van der Waals surface area (Å²) in [5.41, 5.74) is 0.681. The van der Waals surface area contributed by atoms with Gasteiger partial charge in [0.1, 0.15) is 11.5 Å². The van der Waals surface area contributed by atoms with Crippen LogP contribution in [0, 0.1) is 0 Å². The van der Waals surface area contributed by atoms with Crippen LogP contribution in [0.3, 0.4) is 0 Å². The Morgan fingerprint density at radius 3 is 2.54 bits per heavy atom. The average molecular weight is 371 g/mol. The van der Waals surface area contributed by atoms with E-state index in [1.54, 1.807) is 31.3 Å². The standard InChI is InChI=1S/C18H17N3O4S/c1-21-17(18(23)25-20-21)26-12-11-16(22)19-13-7-9-15(10-8-13)24-14-5-3-2-4-6-14/h2-10H,11-12H2,1H3,(H-,19,20,22,23). The number of para-hydroxylation sites is 1. The van der Waals surface area contributed by atoms with Gasteiger partial charge in [-0.1, -0.05) is 34.6 Å². The number of benzene rings is 2. The van der Waals surface area contributed by atoms with Crippen molar-refractivity contribution >= 4 is 23.4 Å². The van der Waals surface area contributed by atoms with Crippen LogP contribution in [-0.4, -0.2) is 16.9 Å². The van der Waals surface area contributed by atoms with Gasteiger partial charge in [0, 0.05) is 17.9 Å². The van der Waals surface area contributed by atoms with Crippen molar-refractivity contribution in [2.75, 3.05) is 11.1 Å². The molecule has 1 aromatic heterocycles. The molecule has 3 rings (SSSR count). The summed E-state index contributed by atoms with van der Waals surface area (Å²) < 4.78 is 11.6. The monoisotopic (exact) mass is 371 g/mol. The number of carbonyl (C=O) groups is 1. The first-order valence-electron chi connectivity index (χ1n) is 7.90. The first-order chi connectivity index (χ1) is 12.6. The summed E-state index contributed by atoms with van der Waals surface area (Å²) >= 11 is 1.24.